The van der Waals surface area contributed by atoms with Gasteiger partial charge in [0.15, 0.2) is 0 Å². The van der Waals surface area contributed by atoms with Gasteiger partial charge in [-0.1, -0.05) is 11.6 Å². The molecule has 0 radical (unpaired) electrons. The Morgan fingerprint density at radius 3 is 2.65 bits per heavy atom. The van der Waals surface area contributed by atoms with Gasteiger partial charge < -0.3 is 10.5 Å². The minimum Gasteiger partial charge on any atom is -0.611 e. The molecule has 2 atom stereocenters. The number of piperidine rings is 1. The van der Waals surface area contributed by atoms with Crippen molar-refractivity contribution in [2.75, 3.05) is 56.2 Å². The SMILES string of the molecule is CC[N+]([O-])(NCCN1CSCC1C#N)C1CCN(CC(=O)Nc2ccc(Cl)cn2)CC1.Cl.Cl.Cl. The van der Waals surface area contributed by atoms with Gasteiger partial charge >= 0.3 is 0 Å². The average molecular weight is 577 g/mol. The standard InChI is InChI=1S/C20H30ClN7O2S.3ClH/c1-2-28(30,24-7-10-27-15-31-14-17(27)11-22)18-5-8-26(9-6-18)13-20(29)25-19-4-3-16(21)12-23-19;;;/h3-4,12,17-18,24H,2,5-10,13-15H2,1H3,(H,23,25,29);3*1H. The summed E-state index contributed by atoms with van der Waals surface area (Å²) in [6, 6.07) is 5.58. The molecule has 2 saturated heterocycles. The third kappa shape index (κ3) is 9.47. The minimum atomic E-state index is -0.424. The van der Waals surface area contributed by atoms with E-state index in [0.717, 1.165) is 24.5 Å². The van der Waals surface area contributed by atoms with Crippen LogP contribution in [0.1, 0.15) is 19.8 Å². The molecule has 3 rings (SSSR count). The maximum atomic E-state index is 13.4. The van der Waals surface area contributed by atoms with Crippen LogP contribution in [0.3, 0.4) is 0 Å². The molecule has 3 heterocycles. The van der Waals surface area contributed by atoms with Crippen molar-refractivity contribution in [3.8, 4) is 6.07 Å². The van der Waals surface area contributed by atoms with Gasteiger partial charge in [0, 0.05) is 50.3 Å². The molecule has 0 bridgehead atoms. The van der Waals surface area contributed by atoms with E-state index < -0.39 is 4.76 Å². The van der Waals surface area contributed by atoms with Crippen LogP contribution >= 0.6 is 60.6 Å². The number of pyridine rings is 1. The Kier molecular flexibility index (Phi) is 15.9. The van der Waals surface area contributed by atoms with Gasteiger partial charge in [0.2, 0.25) is 5.91 Å². The van der Waals surface area contributed by atoms with Crippen molar-refractivity contribution in [1.82, 2.24) is 20.2 Å². The number of likely N-dealkylation sites (tertiary alicyclic amines) is 1. The smallest absolute Gasteiger partial charge is 0.239 e. The third-order valence-electron chi connectivity index (χ3n) is 5.88. The van der Waals surface area contributed by atoms with Crippen LogP contribution in [0.25, 0.3) is 0 Å². The summed E-state index contributed by atoms with van der Waals surface area (Å²) in [5, 5.41) is 25.9. The molecule has 1 aromatic rings. The lowest BCUT2D eigenvalue weighted by molar-refractivity contribution is -0.947. The zero-order valence-corrected chi connectivity index (χ0v) is 23.0. The number of anilines is 1. The fourth-order valence-corrected chi connectivity index (χ4v) is 5.30. The highest BCUT2D eigenvalue weighted by Crippen LogP contribution is 2.22. The molecule has 0 saturated carbocycles. The number of amides is 1. The number of halogens is 4. The van der Waals surface area contributed by atoms with Crippen LogP contribution < -0.4 is 10.7 Å². The molecule has 0 aromatic carbocycles. The Labute approximate surface area is 229 Å². The lowest BCUT2D eigenvalue weighted by atomic mass is 10.0. The number of rotatable bonds is 9. The van der Waals surface area contributed by atoms with Crippen molar-refractivity contribution >= 4 is 72.3 Å². The van der Waals surface area contributed by atoms with Crippen molar-refractivity contribution in [1.29, 1.82) is 5.26 Å². The molecule has 1 amide bonds. The summed E-state index contributed by atoms with van der Waals surface area (Å²) in [7, 11) is 0. The van der Waals surface area contributed by atoms with Crippen LogP contribution in [0.2, 0.25) is 5.02 Å². The van der Waals surface area contributed by atoms with Crippen LogP contribution in [0, 0.1) is 16.5 Å². The minimum absolute atomic E-state index is 0. The number of nitriles is 1. The molecule has 2 fully saturated rings. The molecule has 14 heteroatoms. The molecule has 34 heavy (non-hydrogen) atoms. The third-order valence-corrected chi connectivity index (χ3v) is 7.17. The van der Waals surface area contributed by atoms with Crippen molar-refractivity contribution in [3.63, 3.8) is 0 Å². The first-order valence-corrected chi connectivity index (χ1v) is 12.2. The Bertz CT molecular complexity index is 781. The zero-order valence-electron chi connectivity index (χ0n) is 19.0. The monoisotopic (exact) mass is 575 g/mol. The fraction of sp³-hybridized carbons (Fsp3) is 0.650. The zero-order chi connectivity index (χ0) is 22.3. The largest absolute Gasteiger partial charge is 0.611 e. The van der Waals surface area contributed by atoms with Crippen LogP contribution in [0.5, 0.6) is 0 Å². The predicted molar refractivity (Wildman–Crippen MR) is 145 cm³/mol. The second-order valence-electron chi connectivity index (χ2n) is 7.89. The summed E-state index contributed by atoms with van der Waals surface area (Å²) in [4.78, 5) is 20.6. The summed E-state index contributed by atoms with van der Waals surface area (Å²) >= 11 is 7.57. The van der Waals surface area contributed by atoms with E-state index in [4.69, 9.17) is 11.6 Å². The highest BCUT2D eigenvalue weighted by atomic mass is 35.5. The Morgan fingerprint density at radius 2 is 2.06 bits per heavy atom. The number of nitrogens with zero attached hydrogens (tertiary/aromatic N) is 5. The Hall–Kier alpha value is -0.580. The molecule has 0 aliphatic carbocycles. The number of thioether (sulfide) groups is 1. The van der Waals surface area contributed by atoms with E-state index in [-0.39, 0.29) is 61.8 Å². The number of hydrogen-bond acceptors (Lipinski definition) is 8. The van der Waals surface area contributed by atoms with Gasteiger partial charge in [-0.15, -0.1) is 49.0 Å². The molecule has 0 spiro atoms. The van der Waals surface area contributed by atoms with Crippen LogP contribution in [0.15, 0.2) is 18.3 Å². The van der Waals surface area contributed by atoms with Crippen molar-refractivity contribution in [2.45, 2.75) is 31.8 Å². The summed E-state index contributed by atoms with van der Waals surface area (Å²) < 4.78 is -0.424. The second-order valence-corrected chi connectivity index (χ2v) is 9.33. The van der Waals surface area contributed by atoms with E-state index in [1.807, 2.05) is 6.92 Å². The number of aromatic nitrogens is 1. The molecular formula is C20H33Cl4N7O2S. The molecule has 1 aromatic heterocycles. The second kappa shape index (κ2) is 16.2. The van der Waals surface area contributed by atoms with E-state index in [2.05, 4.69) is 31.6 Å². The summed E-state index contributed by atoms with van der Waals surface area (Å²) in [5.41, 5.74) is 3.18. The number of quaternary nitrogens is 1. The lowest BCUT2D eigenvalue weighted by Crippen LogP contribution is -2.63. The van der Waals surface area contributed by atoms with Gasteiger partial charge in [-0.3, -0.25) is 19.3 Å². The van der Waals surface area contributed by atoms with Crippen LogP contribution in [0.4, 0.5) is 5.82 Å². The molecule has 194 valence electrons. The summed E-state index contributed by atoms with van der Waals surface area (Å²) in [6.45, 7) is 5.30. The van der Waals surface area contributed by atoms with E-state index in [9.17, 15) is 15.3 Å². The number of carbonyl (C=O) groups excluding carboxylic acids is 1. The highest BCUT2D eigenvalue weighted by molar-refractivity contribution is 7.99. The van der Waals surface area contributed by atoms with Gasteiger partial charge in [-0.05, 0) is 19.1 Å². The van der Waals surface area contributed by atoms with Gasteiger partial charge in [-0.25, -0.2) is 4.98 Å². The van der Waals surface area contributed by atoms with Crippen LogP contribution in [-0.4, -0.2) is 88.4 Å². The molecule has 9 nitrogen and oxygen atoms in total. The number of hydrogen-bond donors (Lipinski definition) is 2. The van der Waals surface area contributed by atoms with Crippen LogP contribution in [-0.2, 0) is 4.79 Å². The number of nitrogens with one attached hydrogen (secondary N) is 2. The highest BCUT2D eigenvalue weighted by Gasteiger charge is 2.33. The van der Waals surface area contributed by atoms with Crippen molar-refractivity contribution < 1.29 is 9.55 Å². The lowest BCUT2D eigenvalue weighted by Gasteiger charge is -2.50. The summed E-state index contributed by atoms with van der Waals surface area (Å²) in [5.74, 6) is 2.03. The van der Waals surface area contributed by atoms with E-state index in [1.54, 1.807) is 23.9 Å². The maximum Gasteiger partial charge on any atom is 0.239 e. The molecule has 2 unspecified atom stereocenters. The quantitative estimate of drug-likeness (QED) is 0.341. The number of carbonyl (C=O) groups is 1. The molecule has 2 aliphatic rings. The van der Waals surface area contributed by atoms with E-state index in [0.29, 0.717) is 43.6 Å². The van der Waals surface area contributed by atoms with Crippen molar-refractivity contribution in [3.05, 3.63) is 28.6 Å². The van der Waals surface area contributed by atoms with Gasteiger partial charge in [0.05, 0.1) is 30.7 Å². The molecule has 2 aliphatic heterocycles. The van der Waals surface area contributed by atoms with Gasteiger partial charge in [0.1, 0.15) is 17.9 Å². The predicted octanol–water partition coefficient (Wildman–Crippen LogP) is 3.14. The summed E-state index contributed by atoms with van der Waals surface area (Å²) in [6.07, 6.45) is 2.96. The fourth-order valence-electron chi connectivity index (χ4n) is 4.03. The Balaban J connectivity index is 0.00000363. The van der Waals surface area contributed by atoms with E-state index in [1.165, 1.54) is 6.20 Å². The first-order chi connectivity index (χ1) is 14.9. The maximum absolute atomic E-state index is 13.4. The molecule has 2 N–H and O–H groups in total. The number of hydroxylamine groups is 2. The Morgan fingerprint density at radius 1 is 1.35 bits per heavy atom. The molecular weight excluding hydrogens is 544 g/mol. The first-order valence-electron chi connectivity index (χ1n) is 10.6. The van der Waals surface area contributed by atoms with E-state index >= 15 is 0 Å². The topological polar surface area (TPSA) is 107 Å². The van der Waals surface area contributed by atoms with Crippen molar-refractivity contribution in [2.24, 2.45) is 0 Å². The van der Waals surface area contributed by atoms with Gasteiger partial charge in [-0.2, -0.15) is 10.7 Å². The first kappa shape index (κ1) is 33.4. The normalized spacial score (nSPS) is 20.7. The average Bonchev–Trinajstić information content (AvgIpc) is 3.23. The van der Waals surface area contributed by atoms with Gasteiger partial charge in [0.25, 0.3) is 0 Å².